The van der Waals surface area contributed by atoms with Crippen molar-refractivity contribution >= 4 is 168 Å². The molecule has 60 heavy (non-hydrogen) atoms. The molecular formula is C45H40B11N3O. The van der Waals surface area contributed by atoms with Crippen LogP contribution < -0.4 is 60.1 Å². The van der Waals surface area contributed by atoms with E-state index in [1.54, 1.807) is 0 Å². The topological polar surface area (TPSA) is 51.8 Å². The van der Waals surface area contributed by atoms with Gasteiger partial charge in [0.25, 0.3) is 0 Å². The van der Waals surface area contributed by atoms with Crippen molar-refractivity contribution in [3.05, 3.63) is 109 Å². The molecule has 0 fully saturated rings. The van der Waals surface area contributed by atoms with E-state index in [9.17, 15) is 0 Å². The zero-order valence-corrected chi connectivity index (χ0v) is 36.6. The molecule has 0 bridgehead atoms. The maximum atomic E-state index is 7.14. The molecular weight excluding hydrogens is 717 g/mol. The van der Waals surface area contributed by atoms with Gasteiger partial charge in [-0.25, -0.2) is 15.0 Å². The average Bonchev–Trinajstić information content (AvgIpc) is 3.69. The molecule has 7 aromatic carbocycles. The first-order valence-corrected chi connectivity index (χ1v) is 21.0. The second kappa shape index (κ2) is 15.3. The normalized spacial score (nSPS) is 11.4. The highest BCUT2D eigenvalue weighted by molar-refractivity contribution is 6.71. The number of fused-ring (bicyclic) bond motifs is 3. The van der Waals surface area contributed by atoms with Crippen LogP contribution in [0.2, 0.25) is 0 Å². The fraction of sp³-hybridized carbons (Fsp3) is 0. The first-order valence-electron chi connectivity index (χ1n) is 21.0. The summed E-state index contributed by atoms with van der Waals surface area (Å²) in [6.45, 7) is 0. The van der Waals surface area contributed by atoms with Crippen molar-refractivity contribution in [3.63, 3.8) is 0 Å². The van der Waals surface area contributed by atoms with Gasteiger partial charge in [0, 0.05) is 27.5 Å². The van der Waals surface area contributed by atoms with Crippen LogP contribution in [0, 0.1) is 0 Å². The Bertz CT molecular complexity index is 3060. The van der Waals surface area contributed by atoms with Gasteiger partial charge in [0.1, 0.15) is 97.5 Å². The number of hydrogen-bond donors (Lipinski definition) is 0. The molecule has 274 valence electrons. The van der Waals surface area contributed by atoms with Crippen LogP contribution >= 0.6 is 0 Å². The maximum absolute atomic E-state index is 7.14. The predicted molar refractivity (Wildman–Crippen MR) is 290 cm³/mol. The lowest BCUT2D eigenvalue weighted by Gasteiger charge is -2.25. The van der Waals surface area contributed by atoms with Crippen LogP contribution in [-0.4, -0.2) is 101 Å². The molecule has 2 aromatic heterocycles. The second-order valence-electron chi connectivity index (χ2n) is 16.7. The molecule has 0 saturated carbocycles. The predicted octanol–water partition coefficient (Wildman–Crippen LogP) is -7.38. The first kappa shape index (κ1) is 39.5. The van der Waals surface area contributed by atoms with Crippen LogP contribution in [0.25, 0.3) is 89.5 Å². The lowest BCUT2D eigenvalue weighted by Crippen LogP contribution is -2.55. The van der Waals surface area contributed by atoms with Crippen LogP contribution in [0.4, 0.5) is 0 Å². The van der Waals surface area contributed by atoms with Gasteiger partial charge in [-0.05, 0) is 38.8 Å². The molecule has 0 aliphatic rings. The molecule has 9 rings (SSSR count). The number of benzene rings is 7. The van der Waals surface area contributed by atoms with Gasteiger partial charge in [-0.2, -0.15) is 0 Å². The maximum Gasteiger partial charge on any atom is 0.164 e. The van der Waals surface area contributed by atoms with Gasteiger partial charge < -0.3 is 4.42 Å². The molecule has 0 atom stereocenters. The minimum absolute atomic E-state index is 0.624. The first-order chi connectivity index (χ1) is 28.8. The Morgan fingerprint density at radius 2 is 0.633 bits per heavy atom. The van der Waals surface area contributed by atoms with Crippen LogP contribution in [-0.2, 0) is 0 Å². The highest BCUT2D eigenvalue weighted by Crippen LogP contribution is 2.35. The van der Waals surface area contributed by atoms with Crippen LogP contribution in [0.3, 0.4) is 0 Å². The van der Waals surface area contributed by atoms with Gasteiger partial charge in [-0.15, -0.1) is 21.9 Å². The molecule has 0 aliphatic heterocycles. The highest BCUT2D eigenvalue weighted by Gasteiger charge is 2.28. The van der Waals surface area contributed by atoms with Crippen molar-refractivity contribution in [1.82, 2.24) is 15.0 Å². The summed E-state index contributed by atoms with van der Waals surface area (Å²) in [5.41, 5.74) is 25.5. The molecule has 0 N–H and O–H groups in total. The molecule has 0 spiro atoms. The number of furan rings is 1. The minimum Gasteiger partial charge on any atom is -0.457 e. The molecule has 0 unspecified atom stereocenters. The van der Waals surface area contributed by atoms with Gasteiger partial charge in [-0.1, -0.05) is 142 Å². The van der Waals surface area contributed by atoms with Crippen LogP contribution in [0.15, 0.2) is 114 Å². The van der Waals surface area contributed by atoms with E-state index in [4.69, 9.17) is 19.4 Å². The summed E-state index contributed by atoms with van der Waals surface area (Å²) in [6.07, 6.45) is 0. The summed E-state index contributed by atoms with van der Waals surface area (Å²) in [7, 11) is 24.7. The van der Waals surface area contributed by atoms with Gasteiger partial charge in [0.15, 0.2) is 17.5 Å². The van der Waals surface area contributed by atoms with Crippen molar-refractivity contribution < 1.29 is 4.42 Å². The zero-order valence-electron chi connectivity index (χ0n) is 36.6. The molecule has 4 nitrogen and oxygen atoms in total. The number of hydrogen-bond acceptors (Lipinski definition) is 4. The van der Waals surface area contributed by atoms with E-state index >= 15 is 0 Å². The minimum atomic E-state index is 0.624. The molecule has 9 aromatic rings. The average molecular weight is 758 g/mol. The van der Waals surface area contributed by atoms with Crippen LogP contribution in [0.5, 0.6) is 0 Å². The summed E-state index contributed by atoms with van der Waals surface area (Å²) in [4.78, 5) is 16.0. The van der Waals surface area contributed by atoms with Gasteiger partial charge in [-0.3, -0.25) is 0 Å². The van der Waals surface area contributed by atoms with Gasteiger partial charge in [0.05, 0.1) is 0 Å². The summed E-state index contributed by atoms with van der Waals surface area (Å²) in [5.74, 6) is 1.88. The fourth-order valence-corrected chi connectivity index (χ4v) is 9.34. The van der Waals surface area contributed by atoms with Crippen molar-refractivity contribution in [3.8, 4) is 67.5 Å². The quantitative estimate of drug-likeness (QED) is 0.159. The Balaban J connectivity index is 1.36. The van der Waals surface area contributed by atoms with E-state index in [2.05, 4.69) is 183 Å². The molecule has 0 radical (unpaired) electrons. The highest BCUT2D eigenvalue weighted by atomic mass is 16.3. The third kappa shape index (κ3) is 6.36. The molecule has 15 heteroatoms. The van der Waals surface area contributed by atoms with E-state index in [0.717, 1.165) is 49.9 Å². The van der Waals surface area contributed by atoms with Crippen molar-refractivity contribution in [2.24, 2.45) is 0 Å². The fourth-order valence-electron chi connectivity index (χ4n) is 9.34. The molecule has 0 aliphatic carbocycles. The summed E-state index contributed by atoms with van der Waals surface area (Å²) < 4.78 is 7.14. The number of aromatic nitrogens is 3. The van der Waals surface area contributed by atoms with E-state index in [1.807, 2.05) is 12.1 Å². The SMILES string of the molecule is Bc1c(B)c(B)c(-c2c(B)c(-c3nc(-c4ccc(-c5ccccc5)cc4)nc(-c4ccc(-c5ccccc5)cc4)n3)c(B)c3oc4c(B)c(B)c(B)c(B)c4c23)c(B)c1B. The van der Waals surface area contributed by atoms with Crippen molar-refractivity contribution in [1.29, 1.82) is 0 Å². The van der Waals surface area contributed by atoms with E-state index < -0.39 is 0 Å². The van der Waals surface area contributed by atoms with Gasteiger partial charge in [0.2, 0.25) is 0 Å². The smallest absolute Gasteiger partial charge is 0.164 e. The van der Waals surface area contributed by atoms with Crippen molar-refractivity contribution in [2.45, 2.75) is 0 Å². The third-order valence-electron chi connectivity index (χ3n) is 13.6. The largest absolute Gasteiger partial charge is 0.457 e. The Kier molecular flexibility index (Phi) is 10.1. The summed E-state index contributed by atoms with van der Waals surface area (Å²) >= 11 is 0. The molecule has 0 amide bonds. The Hall–Kier alpha value is -5.94. The Morgan fingerprint density at radius 3 is 1.12 bits per heavy atom. The third-order valence-corrected chi connectivity index (χ3v) is 13.6. The second-order valence-corrected chi connectivity index (χ2v) is 16.7. The van der Waals surface area contributed by atoms with Crippen molar-refractivity contribution in [2.75, 3.05) is 0 Å². The van der Waals surface area contributed by atoms with Crippen LogP contribution in [0.1, 0.15) is 0 Å². The number of rotatable bonds is 6. The van der Waals surface area contributed by atoms with E-state index in [1.165, 1.54) is 82.2 Å². The molecule has 2 heterocycles. The lowest BCUT2D eigenvalue weighted by molar-refractivity contribution is 0.674. The Labute approximate surface area is 362 Å². The van der Waals surface area contributed by atoms with Gasteiger partial charge >= 0.3 is 0 Å². The van der Waals surface area contributed by atoms with E-state index in [-0.39, 0.29) is 0 Å². The zero-order chi connectivity index (χ0) is 42.1. The number of nitrogens with zero attached hydrogens (tertiary/aromatic N) is 3. The monoisotopic (exact) mass is 759 g/mol. The molecule has 0 saturated heterocycles. The standard InChI is InChI=1S/C45H40B11N3O/c46-30-25(27-31(47)35(51)38(54)36(52)32(27)48)26-28-33(49)37(53)39(55)40(56)42(28)60-41(26)34(50)29(30)45-58-43(23-15-11-21(12-16-23)19-7-3-1-4-8-19)57-44(59-45)24-17-13-22(14-18-24)20-9-5-2-6-10-20/h1-18H,46-56H2. The Morgan fingerprint density at radius 1 is 0.267 bits per heavy atom. The summed E-state index contributed by atoms with van der Waals surface area (Å²) in [6, 6.07) is 38.0. The van der Waals surface area contributed by atoms with E-state index in [0.29, 0.717) is 17.5 Å². The summed E-state index contributed by atoms with van der Waals surface area (Å²) in [5, 5.41) is 2.37. The lowest BCUT2D eigenvalue weighted by atomic mass is 9.58.